The number of nitro benzene ring substituents is 1. The van der Waals surface area contributed by atoms with Crippen LogP contribution in [0.4, 0.5) is 15.8 Å². The lowest BCUT2D eigenvalue weighted by Crippen LogP contribution is -2.13. The molecule has 0 radical (unpaired) electrons. The standard InChI is InChI=1S/C12H8FIN2O4S/c13-8-1-6-12(11(14)7-8)15-21(19,20)10-4-2-9(3-5-10)16(17)18/h1-7,15H. The van der Waals surface area contributed by atoms with Crippen molar-refractivity contribution in [2.24, 2.45) is 0 Å². The molecular weight excluding hydrogens is 414 g/mol. The largest absolute Gasteiger partial charge is 0.279 e. The van der Waals surface area contributed by atoms with Crippen molar-refractivity contribution >= 4 is 44.0 Å². The molecule has 9 heteroatoms. The van der Waals surface area contributed by atoms with Gasteiger partial charge in [0.15, 0.2) is 0 Å². The second kappa shape index (κ2) is 5.93. The van der Waals surface area contributed by atoms with Crippen LogP contribution in [-0.4, -0.2) is 13.3 Å². The molecule has 0 aliphatic carbocycles. The number of benzene rings is 2. The minimum Gasteiger partial charge on any atom is -0.279 e. The van der Waals surface area contributed by atoms with Crippen LogP contribution in [0, 0.1) is 19.5 Å². The molecule has 2 rings (SSSR count). The Morgan fingerprint density at radius 1 is 1.14 bits per heavy atom. The highest BCUT2D eigenvalue weighted by Crippen LogP contribution is 2.23. The van der Waals surface area contributed by atoms with E-state index in [0.717, 1.165) is 30.3 Å². The average molecular weight is 422 g/mol. The van der Waals surface area contributed by atoms with Gasteiger partial charge in [-0.1, -0.05) is 0 Å². The number of nitro groups is 1. The van der Waals surface area contributed by atoms with Crippen LogP contribution in [-0.2, 0) is 10.0 Å². The third-order valence-corrected chi connectivity index (χ3v) is 4.81. The lowest BCUT2D eigenvalue weighted by Gasteiger charge is -2.09. The van der Waals surface area contributed by atoms with Gasteiger partial charge in [-0.15, -0.1) is 0 Å². The van der Waals surface area contributed by atoms with Crippen molar-refractivity contribution < 1.29 is 17.7 Å². The first-order valence-corrected chi connectivity index (χ1v) is 8.08. The van der Waals surface area contributed by atoms with Crippen LogP contribution < -0.4 is 4.72 Å². The summed E-state index contributed by atoms with van der Waals surface area (Å²) in [7, 11) is -3.89. The topological polar surface area (TPSA) is 89.3 Å². The van der Waals surface area contributed by atoms with Gasteiger partial charge in [-0.2, -0.15) is 0 Å². The summed E-state index contributed by atoms with van der Waals surface area (Å²) in [5.74, 6) is -0.474. The van der Waals surface area contributed by atoms with E-state index in [1.165, 1.54) is 12.1 Å². The van der Waals surface area contributed by atoms with Gasteiger partial charge in [-0.05, 0) is 52.9 Å². The molecule has 0 aliphatic heterocycles. The van der Waals surface area contributed by atoms with Gasteiger partial charge in [0.05, 0.1) is 15.5 Å². The van der Waals surface area contributed by atoms with Crippen molar-refractivity contribution in [1.82, 2.24) is 0 Å². The summed E-state index contributed by atoms with van der Waals surface area (Å²) in [4.78, 5) is 9.80. The van der Waals surface area contributed by atoms with Gasteiger partial charge in [0.25, 0.3) is 15.7 Å². The third kappa shape index (κ3) is 3.67. The number of non-ortho nitro benzene ring substituents is 1. The third-order valence-electron chi connectivity index (χ3n) is 2.53. The smallest absolute Gasteiger partial charge is 0.269 e. The van der Waals surface area contributed by atoms with Gasteiger partial charge in [0.2, 0.25) is 0 Å². The summed E-state index contributed by atoms with van der Waals surface area (Å²) in [6, 6.07) is 8.10. The molecule has 0 spiro atoms. The Labute approximate surface area is 133 Å². The normalized spacial score (nSPS) is 11.1. The van der Waals surface area contributed by atoms with E-state index in [1.54, 1.807) is 22.6 Å². The van der Waals surface area contributed by atoms with Crippen LogP contribution in [0.5, 0.6) is 0 Å². The van der Waals surface area contributed by atoms with Crippen molar-refractivity contribution in [3.05, 3.63) is 62.0 Å². The molecule has 0 bridgehead atoms. The molecule has 6 nitrogen and oxygen atoms in total. The predicted octanol–water partition coefficient (Wildman–Crippen LogP) is 3.14. The number of nitrogens with one attached hydrogen (secondary N) is 1. The van der Waals surface area contributed by atoms with Gasteiger partial charge in [0, 0.05) is 15.7 Å². The number of rotatable bonds is 4. The summed E-state index contributed by atoms with van der Waals surface area (Å²) < 4.78 is 40.0. The predicted molar refractivity (Wildman–Crippen MR) is 83.0 cm³/mol. The monoisotopic (exact) mass is 422 g/mol. The van der Waals surface area contributed by atoms with Crippen molar-refractivity contribution in [1.29, 1.82) is 0 Å². The minimum atomic E-state index is -3.89. The van der Waals surface area contributed by atoms with Crippen molar-refractivity contribution in [2.75, 3.05) is 4.72 Å². The Hall–Kier alpha value is -1.75. The SMILES string of the molecule is O=[N+]([O-])c1ccc(S(=O)(=O)Nc2ccc(F)cc2I)cc1. The van der Waals surface area contributed by atoms with Crippen LogP contribution in [0.2, 0.25) is 0 Å². The molecule has 110 valence electrons. The summed E-state index contributed by atoms with van der Waals surface area (Å²) in [5.41, 5.74) is 0.0284. The molecule has 0 heterocycles. The molecule has 0 unspecified atom stereocenters. The lowest BCUT2D eigenvalue weighted by atomic mass is 10.3. The van der Waals surface area contributed by atoms with Crippen molar-refractivity contribution in [2.45, 2.75) is 4.90 Å². The van der Waals surface area contributed by atoms with Crippen LogP contribution in [0.15, 0.2) is 47.4 Å². The van der Waals surface area contributed by atoms with Crippen LogP contribution in [0.3, 0.4) is 0 Å². The zero-order valence-corrected chi connectivity index (χ0v) is 13.3. The first kappa shape index (κ1) is 15.6. The Balaban J connectivity index is 2.31. The van der Waals surface area contributed by atoms with E-state index < -0.39 is 20.8 Å². The molecule has 0 aliphatic rings. The highest BCUT2D eigenvalue weighted by Gasteiger charge is 2.17. The van der Waals surface area contributed by atoms with E-state index in [9.17, 15) is 22.9 Å². The maximum absolute atomic E-state index is 13.0. The molecule has 0 atom stereocenters. The number of hydrogen-bond donors (Lipinski definition) is 1. The molecule has 0 saturated heterocycles. The summed E-state index contributed by atoms with van der Waals surface area (Å²) >= 11 is 1.80. The Kier molecular flexibility index (Phi) is 4.42. The number of nitrogens with zero attached hydrogens (tertiary/aromatic N) is 1. The fraction of sp³-hybridized carbons (Fsp3) is 0. The van der Waals surface area contributed by atoms with E-state index in [4.69, 9.17) is 0 Å². The quantitative estimate of drug-likeness (QED) is 0.466. The van der Waals surface area contributed by atoms with Gasteiger partial charge in [-0.3, -0.25) is 14.8 Å². The number of sulfonamides is 1. The summed E-state index contributed by atoms with van der Waals surface area (Å²) in [5, 5.41) is 10.5. The highest BCUT2D eigenvalue weighted by molar-refractivity contribution is 14.1. The molecular formula is C12H8FIN2O4S. The number of hydrogen-bond acceptors (Lipinski definition) is 4. The maximum atomic E-state index is 13.0. The van der Waals surface area contributed by atoms with Gasteiger partial charge >= 0.3 is 0 Å². The fourth-order valence-corrected chi connectivity index (χ4v) is 3.40. The van der Waals surface area contributed by atoms with E-state index >= 15 is 0 Å². The van der Waals surface area contributed by atoms with Crippen LogP contribution in [0.1, 0.15) is 0 Å². The summed E-state index contributed by atoms with van der Waals surface area (Å²) in [6.45, 7) is 0. The van der Waals surface area contributed by atoms with Crippen LogP contribution in [0.25, 0.3) is 0 Å². The highest BCUT2D eigenvalue weighted by atomic mass is 127. The average Bonchev–Trinajstić information content (AvgIpc) is 2.42. The molecule has 0 saturated carbocycles. The van der Waals surface area contributed by atoms with E-state index in [0.29, 0.717) is 3.57 Å². The van der Waals surface area contributed by atoms with E-state index in [2.05, 4.69) is 4.72 Å². The molecule has 0 aromatic heterocycles. The molecule has 2 aromatic carbocycles. The number of anilines is 1. The van der Waals surface area contributed by atoms with Gasteiger partial charge < -0.3 is 0 Å². The van der Waals surface area contributed by atoms with E-state index in [1.807, 2.05) is 0 Å². The molecule has 0 amide bonds. The minimum absolute atomic E-state index is 0.117. The van der Waals surface area contributed by atoms with Crippen molar-refractivity contribution in [3.8, 4) is 0 Å². The second-order valence-corrected chi connectivity index (χ2v) is 6.83. The zero-order chi connectivity index (χ0) is 15.6. The second-order valence-electron chi connectivity index (χ2n) is 3.98. The zero-order valence-electron chi connectivity index (χ0n) is 10.3. The fourth-order valence-electron chi connectivity index (χ4n) is 1.52. The molecule has 1 N–H and O–H groups in total. The van der Waals surface area contributed by atoms with Gasteiger partial charge in [0.1, 0.15) is 5.82 Å². The molecule has 21 heavy (non-hydrogen) atoms. The van der Waals surface area contributed by atoms with Crippen molar-refractivity contribution in [3.63, 3.8) is 0 Å². The Morgan fingerprint density at radius 3 is 2.29 bits per heavy atom. The molecule has 2 aromatic rings. The first-order chi connectivity index (χ1) is 9.79. The Bertz CT molecular complexity index is 793. The lowest BCUT2D eigenvalue weighted by molar-refractivity contribution is -0.384. The number of halogens is 2. The van der Waals surface area contributed by atoms with Crippen LogP contribution >= 0.6 is 22.6 Å². The van der Waals surface area contributed by atoms with Gasteiger partial charge in [-0.25, -0.2) is 12.8 Å². The maximum Gasteiger partial charge on any atom is 0.269 e. The summed E-state index contributed by atoms with van der Waals surface area (Å²) in [6.07, 6.45) is 0. The first-order valence-electron chi connectivity index (χ1n) is 5.52. The Morgan fingerprint density at radius 2 is 1.76 bits per heavy atom. The molecule has 0 fully saturated rings. The van der Waals surface area contributed by atoms with E-state index in [-0.39, 0.29) is 16.3 Å².